The zero-order chi connectivity index (χ0) is 19.5. The number of para-hydroxylation sites is 1. The summed E-state index contributed by atoms with van der Waals surface area (Å²) in [5.41, 5.74) is 2.41. The molecule has 0 radical (unpaired) electrons. The third kappa shape index (κ3) is 3.64. The summed E-state index contributed by atoms with van der Waals surface area (Å²) in [6, 6.07) is 21.6. The highest BCUT2D eigenvalue weighted by Crippen LogP contribution is 2.31. The monoisotopic (exact) mass is 373 g/mol. The molecule has 0 saturated heterocycles. The SMILES string of the molecule is CN(CCc1ccccc1)c1nc(-c2ccccc2O)nc2ccc(F)cc12. The van der Waals surface area contributed by atoms with E-state index in [0.29, 0.717) is 34.7 Å². The van der Waals surface area contributed by atoms with Gasteiger partial charge in [-0.3, -0.25) is 0 Å². The maximum atomic E-state index is 13.9. The highest BCUT2D eigenvalue weighted by molar-refractivity contribution is 5.91. The van der Waals surface area contributed by atoms with Gasteiger partial charge in [0.1, 0.15) is 17.4 Å². The van der Waals surface area contributed by atoms with Crippen LogP contribution in [0.1, 0.15) is 5.56 Å². The third-order valence-corrected chi connectivity index (χ3v) is 4.72. The van der Waals surface area contributed by atoms with E-state index in [0.717, 1.165) is 6.42 Å². The van der Waals surface area contributed by atoms with E-state index in [9.17, 15) is 9.50 Å². The number of aromatic hydroxyl groups is 1. The van der Waals surface area contributed by atoms with Crippen LogP contribution in [0.3, 0.4) is 0 Å². The first-order chi connectivity index (χ1) is 13.6. The van der Waals surface area contributed by atoms with Gasteiger partial charge in [0, 0.05) is 19.0 Å². The van der Waals surface area contributed by atoms with Crippen molar-refractivity contribution in [1.82, 2.24) is 9.97 Å². The number of halogens is 1. The van der Waals surface area contributed by atoms with Crippen LogP contribution in [0, 0.1) is 5.82 Å². The Bertz CT molecular complexity index is 1120. The minimum atomic E-state index is -0.330. The first-order valence-corrected chi connectivity index (χ1v) is 9.12. The number of anilines is 1. The van der Waals surface area contributed by atoms with Crippen molar-refractivity contribution < 1.29 is 9.50 Å². The summed E-state index contributed by atoms with van der Waals surface area (Å²) in [5, 5.41) is 10.9. The molecule has 0 atom stereocenters. The maximum absolute atomic E-state index is 13.9. The van der Waals surface area contributed by atoms with E-state index in [1.54, 1.807) is 24.3 Å². The molecule has 4 nitrogen and oxygen atoms in total. The molecule has 0 aliphatic rings. The molecule has 4 aromatic rings. The highest BCUT2D eigenvalue weighted by Gasteiger charge is 2.15. The van der Waals surface area contributed by atoms with Crippen molar-refractivity contribution in [2.24, 2.45) is 0 Å². The van der Waals surface area contributed by atoms with Gasteiger partial charge in [-0.2, -0.15) is 0 Å². The van der Waals surface area contributed by atoms with E-state index in [-0.39, 0.29) is 11.6 Å². The number of hydrogen-bond donors (Lipinski definition) is 1. The van der Waals surface area contributed by atoms with Gasteiger partial charge in [-0.15, -0.1) is 0 Å². The summed E-state index contributed by atoms with van der Waals surface area (Å²) in [6.07, 6.45) is 0.837. The van der Waals surface area contributed by atoms with Crippen LogP contribution in [0.25, 0.3) is 22.3 Å². The Balaban J connectivity index is 1.76. The van der Waals surface area contributed by atoms with Crippen molar-refractivity contribution >= 4 is 16.7 Å². The molecular weight excluding hydrogens is 353 g/mol. The van der Waals surface area contributed by atoms with Crippen molar-refractivity contribution in [3.63, 3.8) is 0 Å². The Hall–Kier alpha value is -3.47. The Labute approximate surface area is 162 Å². The number of aromatic nitrogens is 2. The molecule has 0 unspecified atom stereocenters. The van der Waals surface area contributed by atoms with E-state index in [4.69, 9.17) is 0 Å². The topological polar surface area (TPSA) is 49.2 Å². The molecule has 0 bridgehead atoms. The fourth-order valence-electron chi connectivity index (χ4n) is 3.21. The quantitative estimate of drug-likeness (QED) is 0.545. The van der Waals surface area contributed by atoms with E-state index in [1.165, 1.54) is 17.7 Å². The van der Waals surface area contributed by atoms with Crippen LogP contribution in [0.15, 0.2) is 72.8 Å². The number of benzene rings is 3. The minimum Gasteiger partial charge on any atom is -0.507 e. The summed E-state index contributed by atoms with van der Waals surface area (Å²) in [4.78, 5) is 11.2. The second kappa shape index (κ2) is 7.64. The molecule has 1 N–H and O–H groups in total. The lowest BCUT2D eigenvalue weighted by molar-refractivity contribution is 0.477. The van der Waals surface area contributed by atoms with Crippen molar-refractivity contribution in [3.8, 4) is 17.1 Å². The second-order valence-corrected chi connectivity index (χ2v) is 6.71. The van der Waals surface area contributed by atoms with Gasteiger partial charge in [0.05, 0.1) is 11.1 Å². The van der Waals surface area contributed by atoms with Gasteiger partial charge in [-0.25, -0.2) is 14.4 Å². The molecule has 0 amide bonds. The first-order valence-electron chi connectivity index (χ1n) is 9.12. The highest BCUT2D eigenvalue weighted by atomic mass is 19.1. The lowest BCUT2D eigenvalue weighted by Gasteiger charge is -2.21. The summed E-state index contributed by atoms with van der Waals surface area (Å²) in [7, 11) is 1.93. The number of phenols is 1. The maximum Gasteiger partial charge on any atom is 0.165 e. The molecule has 0 fully saturated rings. The molecule has 140 valence electrons. The van der Waals surface area contributed by atoms with Gasteiger partial charge in [0.2, 0.25) is 0 Å². The van der Waals surface area contributed by atoms with E-state index in [2.05, 4.69) is 22.1 Å². The average molecular weight is 373 g/mol. The van der Waals surface area contributed by atoms with Crippen molar-refractivity contribution in [2.45, 2.75) is 6.42 Å². The number of nitrogens with zero attached hydrogens (tertiary/aromatic N) is 3. The molecule has 4 rings (SSSR count). The smallest absolute Gasteiger partial charge is 0.165 e. The molecule has 28 heavy (non-hydrogen) atoms. The van der Waals surface area contributed by atoms with Crippen LogP contribution >= 0.6 is 0 Å². The standard InChI is InChI=1S/C23H20FN3O/c1-27(14-13-16-7-3-2-4-8-16)23-19-15-17(24)11-12-20(19)25-22(26-23)18-9-5-6-10-21(18)28/h2-12,15,28H,13-14H2,1H3. The number of likely N-dealkylation sites (N-methyl/N-ethyl adjacent to an activating group) is 1. The van der Waals surface area contributed by atoms with Gasteiger partial charge >= 0.3 is 0 Å². The van der Waals surface area contributed by atoms with Gasteiger partial charge in [-0.1, -0.05) is 42.5 Å². The fraction of sp³-hybridized carbons (Fsp3) is 0.130. The Kier molecular flexibility index (Phi) is 4.89. The third-order valence-electron chi connectivity index (χ3n) is 4.72. The van der Waals surface area contributed by atoms with Crippen LogP contribution in [-0.4, -0.2) is 28.7 Å². The summed E-state index contributed by atoms with van der Waals surface area (Å²) < 4.78 is 13.9. The number of phenolic OH excluding ortho intramolecular Hbond substituents is 1. The van der Waals surface area contributed by atoms with E-state index in [1.807, 2.05) is 36.2 Å². The molecule has 0 spiro atoms. The van der Waals surface area contributed by atoms with Crippen LogP contribution in [0.5, 0.6) is 5.75 Å². The Morgan fingerprint density at radius 1 is 0.929 bits per heavy atom. The van der Waals surface area contributed by atoms with Gasteiger partial charge in [0.25, 0.3) is 0 Å². The summed E-state index contributed by atoms with van der Waals surface area (Å²) in [5.74, 6) is 0.837. The molecule has 3 aromatic carbocycles. The minimum absolute atomic E-state index is 0.113. The zero-order valence-electron chi connectivity index (χ0n) is 15.5. The molecule has 0 saturated carbocycles. The largest absolute Gasteiger partial charge is 0.507 e. The lowest BCUT2D eigenvalue weighted by atomic mass is 10.1. The van der Waals surface area contributed by atoms with Crippen LogP contribution in [0.4, 0.5) is 10.2 Å². The predicted molar refractivity (Wildman–Crippen MR) is 110 cm³/mol. The Morgan fingerprint density at radius 2 is 1.68 bits per heavy atom. The zero-order valence-corrected chi connectivity index (χ0v) is 15.5. The van der Waals surface area contributed by atoms with Crippen LogP contribution in [-0.2, 0) is 6.42 Å². The Morgan fingerprint density at radius 3 is 2.46 bits per heavy atom. The van der Waals surface area contributed by atoms with E-state index < -0.39 is 0 Å². The van der Waals surface area contributed by atoms with Gasteiger partial charge in [0.15, 0.2) is 5.82 Å². The molecule has 1 aromatic heterocycles. The second-order valence-electron chi connectivity index (χ2n) is 6.71. The van der Waals surface area contributed by atoms with Crippen molar-refractivity contribution in [2.75, 3.05) is 18.5 Å². The lowest BCUT2D eigenvalue weighted by Crippen LogP contribution is -2.22. The molecular formula is C23H20FN3O. The fourth-order valence-corrected chi connectivity index (χ4v) is 3.21. The van der Waals surface area contributed by atoms with E-state index >= 15 is 0 Å². The van der Waals surface area contributed by atoms with Crippen LogP contribution in [0.2, 0.25) is 0 Å². The normalized spacial score (nSPS) is 10.9. The van der Waals surface area contributed by atoms with Gasteiger partial charge in [-0.05, 0) is 42.3 Å². The number of fused-ring (bicyclic) bond motifs is 1. The number of hydrogen-bond acceptors (Lipinski definition) is 4. The molecule has 5 heteroatoms. The molecule has 0 aliphatic carbocycles. The first kappa shape index (κ1) is 17.9. The van der Waals surface area contributed by atoms with Crippen molar-refractivity contribution in [3.05, 3.63) is 84.2 Å². The summed E-state index contributed by atoms with van der Waals surface area (Å²) >= 11 is 0. The average Bonchev–Trinajstić information content (AvgIpc) is 2.72. The molecule has 0 aliphatic heterocycles. The predicted octanol–water partition coefficient (Wildman–Crippen LogP) is 4.82. The van der Waals surface area contributed by atoms with Crippen LogP contribution < -0.4 is 4.90 Å². The number of rotatable bonds is 5. The molecule has 1 heterocycles. The van der Waals surface area contributed by atoms with Gasteiger partial charge < -0.3 is 10.0 Å². The summed E-state index contributed by atoms with van der Waals surface area (Å²) in [6.45, 7) is 0.715. The van der Waals surface area contributed by atoms with Crippen molar-refractivity contribution in [1.29, 1.82) is 0 Å².